The number of halogens is 1. The molecule has 0 aliphatic carbocycles. The van der Waals surface area contributed by atoms with Gasteiger partial charge in [0.1, 0.15) is 12.4 Å². The van der Waals surface area contributed by atoms with Gasteiger partial charge in [0.05, 0.1) is 5.52 Å². The van der Waals surface area contributed by atoms with Gasteiger partial charge in [0.15, 0.2) is 0 Å². The van der Waals surface area contributed by atoms with Crippen molar-refractivity contribution in [3.8, 4) is 0 Å². The Labute approximate surface area is 192 Å². The van der Waals surface area contributed by atoms with Crippen molar-refractivity contribution in [2.45, 2.75) is 58.1 Å². The van der Waals surface area contributed by atoms with E-state index in [1.807, 2.05) is 51.1 Å². The first-order chi connectivity index (χ1) is 15.7. The van der Waals surface area contributed by atoms with E-state index in [4.69, 9.17) is 4.74 Å². The number of rotatable bonds is 4. The maximum Gasteiger partial charge on any atom is 0.416 e. The fourth-order valence-electron chi connectivity index (χ4n) is 4.85. The number of carboxylic acid groups (broad SMARTS) is 1. The highest BCUT2D eigenvalue weighted by Crippen LogP contribution is 2.37. The minimum Gasteiger partial charge on any atom is -0.464 e. The third kappa shape index (κ3) is 4.58. The van der Waals surface area contributed by atoms with Gasteiger partial charge in [-0.05, 0) is 48.6 Å². The number of hydrogen-bond acceptors (Lipinski definition) is 3. The molecule has 7 heteroatoms. The third-order valence-electron chi connectivity index (χ3n) is 6.19. The van der Waals surface area contributed by atoms with Crippen LogP contribution in [0, 0.1) is 5.82 Å². The molecule has 0 bridgehead atoms. The van der Waals surface area contributed by atoms with E-state index < -0.39 is 17.3 Å². The molecule has 2 heterocycles. The molecule has 1 N–H and O–H groups in total. The largest absolute Gasteiger partial charge is 0.464 e. The van der Waals surface area contributed by atoms with Crippen molar-refractivity contribution in [2.75, 3.05) is 6.54 Å². The minimum atomic E-state index is -1.15. The van der Waals surface area contributed by atoms with Gasteiger partial charge in [-0.2, -0.15) is 0 Å². The molecule has 1 fully saturated rings. The zero-order chi connectivity index (χ0) is 23.8. The smallest absolute Gasteiger partial charge is 0.416 e. The Morgan fingerprint density at radius 2 is 1.88 bits per heavy atom. The SMILES string of the molecule is CC(C)(C)c1c(CC2CCCN2C(=O)OCc2ccccc2)c2ccc(F)cc2n1C(=O)O. The first kappa shape index (κ1) is 22.8. The average Bonchev–Trinajstić information content (AvgIpc) is 3.35. The molecule has 1 aliphatic rings. The van der Waals surface area contributed by atoms with Gasteiger partial charge in [-0.15, -0.1) is 0 Å². The minimum absolute atomic E-state index is 0.118. The van der Waals surface area contributed by atoms with Crippen LogP contribution in [0.15, 0.2) is 48.5 Å². The van der Waals surface area contributed by atoms with E-state index in [0.29, 0.717) is 29.6 Å². The van der Waals surface area contributed by atoms with Gasteiger partial charge in [-0.1, -0.05) is 51.1 Å². The molecule has 1 aliphatic heterocycles. The molecule has 6 nitrogen and oxygen atoms in total. The van der Waals surface area contributed by atoms with Gasteiger partial charge in [-0.3, -0.25) is 0 Å². The Hall–Kier alpha value is -3.35. The number of nitrogens with zero attached hydrogens (tertiary/aromatic N) is 2. The van der Waals surface area contributed by atoms with Gasteiger partial charge in [-0.25, -0.2) is 18.5 Å². The van der Waals surface area contributed by atoms with E-state index in [9.17, 15) is 19.1 Å². The molecule has 1 saturated heterocycles. The summed E-state index contributed by atoms with van der Waals surface area (Å²) >= 11 is 0. The fourth-order valence-corrected chi connectivity index (χ4v) is 4.85. The lowest BCUT2D eigenvalue weighted by atomic mass is 9.86. The van der Waals surface area contributed by atoms with E-state index >= 15 is 0 Å². The second kappa shape index (κ2) is 8.89. The first-order valence-electron chi connectivity index (χ1n) is 11.2. The first-order valence-corrected chi connectivity index (χ1v) is 11.2. The highest BCUT2D eigenvalue weighted by atomic mass is 19.1. The molecule has 0 radical (unpaired) electrons. The predicted molar refractivity (Wildman–Crippen MR) is 124 cm³/mol. The zero-order valence-electron chi connectivity index (χ0n) is 19.2. The summed E-state index contributed by atoms with van der Waals surface area (Å²) in [5, 5.41) is 10.7. The maximum atomic E-state index is 14.0. The number of benzene rings is 2. The number of likely N-dealkylation sites (tertiary alicyclic amines) is 1. The van der Waals surface area contributed by atoms with E-state index in [1.165, 1.54) is 16.7 Å². The molecule has 1 amide bonds. The van der Waals surface area contributed by atoms with Crippen LogP contribution in [0.4, 0.5) is 14.0 Å². The quantitative estimate of drug-likeness (QED) is 0.531. The van der Waals surface area contributed by atoms with Crippen LogP contribution in [0.2, 0.25) is 0 Å². The van der Waals surface area contributed by atoms with Crippen molar-refractivity contribution in [2.24, 2.45) is 0 Å². The normalized spacial score (nSPS) is 16.4. The molecule has 1 aromatic heterocycles. The number of hydrogen-bond donors (Lipinski definition) is 1. The van der Waals surface area contributed by atoms with Crippen molar-refractivity contribution >= 4 is 23.1 Å². The van der Waals surface area contributed by atoms with Crippen LogP contribution in [0.3, 0.4) is 0 Å². The summed E-state index contributed by atoms with van der Waals surface area (Å²) in [5.41, 5.74) is 2.22. The Bertz CT molecular complexity index is 1180. The lowest BCUT2D eigenvalue weighted by Gasteiger charge is -2.27. The van der Waals surface area contributed by atoms with Crippen LogP contribution >= 0.6 is 0 Å². The van der Waals surface area contributed by atoms with Gasteiger partial charge < -0.3 is 14.7 Å². The molecule has 0 spiro atoms. The molecular weight excluding hydrogens is 423 g/mol. The molecule has 1 atom stereocenters. The summed E-state index contributed by atoms with van der Waals surface area (Å²) in [6, 6.07) is 13.7. The molecule has 3 aromatic rings. The second-order valence-electron chi connectivity index (χ2n) is 9.59. The second-order valence-corrected chi connectivity index (χ2v) is 9.59. The van der Waals surface area contributed by atoms with Gasteiger partial charge >= 0.3 is 12.2 Å². The highest BCUT2D eigenvalue weighted by Gasteiger charge is 2.35. The molecule has 4 rings (SSSR count). The van der Waals surface area contributed by atoms with Gasteiger partial charge in [0.2, 0.25) is 0 Å². The Balaban J connectivity index is 1.66. The monoisotopic (exact) mass is 452 g/mol. The van der Waals surface area contributed by atoms with Crippen LogP contribution in [0.1, 0.15) is 50.4 Å². The Kier molecular flexibility index (Phi) is 6.15. The van der Waals surface area contributed by atoms with Gasteiger partial charge in [0, 0.05) is 29.1 Å². The van der Waals surface area contributed by atoms with E-state index in [1.54, 1.807) is 11.0 Å². The Morgan fingerprint density at radius 3 is 2.55 bits per heavy atom. The fraction of sp³-hybridized carbons (Fsp3) is 0.385. The molecular formula is C26H29FN2O4. The topological polar surface area (TPSA) is 71.8 Å². The lowest BCUT2D eigenvalue weighted by molar-refractivity contribution is 0.0921. The molecule has 33 heavy (non-hydrogen) atoms. The van der Waals surface area contributed by atoms with Crippen molar-refractivity contribution in [3.05, 3.63) is 71.2 Å². The van der Waals surface area contributed by atoms with Gasteiger partial charge in [0.25, 0.3) is 0 Å². The molecule has 0 saturated carbocycles. The van der Waals surface area contributed by atoms with Crippen molar-refractivity contribution in [3.63, 3.8) is 0 Å². The summed E-state index contributed by atoms with van der Waals surface area (Å²) in [5.74, 6) is -0.485. The van der Waals surface area contributed by atoms with E-state index in [2.05, 4.69) is 0 Å². The number of fused-ring (bicyclic) bond motifs is 1. The van der Waals surface area contributed by atoms with Crippen LogP contribution in [-0.2, 0) is 23.2 Å². The Morgan fingerprint density at radius 1 is 1.15 bits per heavy atom. The summed E-state index contributed by atoms with van der Waals surface area (Å²) in [7, 11) is 0. The van der Waals surface area contributed by atoms with Crippen molar-refractivity contribution in [1.82, 2.24) is 9.47 Å². The zero-order valence-corrected chi connectivity index (χ0v) is 19.2. The number of carbonyl (C=O) groups excluding carboxylic acids is 1. The van der Waals surface area contributed by atoms with Crippen LogP contribution in [0.25, 0.3) is 10.9 Å². The summed E-state index contributed by atoms with van der Waals surface area (Å²) < 4.78 is 20.8. The standard InChI is InChI=1S/C26H29FN2O4/c1-26(2,3)23-21(20-12-11-18(27)14-22(20)29(23)24(30)31)15-19-10-7-13-28(19)25(32)33-16-17-8-5-4-6-9-17/h4-6,8-9,11-12,14,19H,7,10,13,15-16H2,1-3H3,(H,30,31). The number of carbonyl (C=O) groups is 2. The number of amides is 1. The van der Waals surface area contributed by atoms with Crippen LogP contribution in [0.5, 0.6) is 0 Å². The maximum absolute atomic E-state index is 14.0. The summed E-state index contributed by atoms with van der Waals surface area (Å²) in [6.07, 6.45) is 0.613. The third-order valence-corrected chi connectivity index (χ3v) is 6.19. The number of ether oxygens (including phenoxy) is 1. The summed E-state index contributed by atoms with van der Waals surface area (Å²) in [4.78, 5) is 26.8. The molecule has 174 valence electrons. The predicted octanol–water partition coefficient (Wildman–Crippen LogP) is 5.95. The van der Waals surface area contributed by atoms with E-state index in [0.717, 1.165) is 24.0 Å². The molecule has 2 aromatic carbocycles. The molecule has 1 unspecified atom stereocenters. The van der Waals surface area contributed by atoms with Crippen molar-refractivity contribution in [1.29, 1.82) is 0 Å². The number of aromatic nitrogens is 1. The van der Waals surface area contributed by atoms with Crippen molar-refractivity contribution < 1.29 is 23.8 Å². The average molecular weight is 453 g/mol. The van der Waals surface area contributed by atoms with Crippen LogP contribution < -0.4 is 0 Å². The highest BCUT2D eigenvalue weighted by molar-refractivity contribution is 5.93. The van der Waals surface area contributed by atoms with Crippen LogP contribution in [-0.4, -0.2) is 39.3 Å². The summed E-state index contributed by atoms with van der Waals surface area (Å²) in [6.45, 7) is 6.63. The van der Waals surface area contributed by atoms with E-state index in [-0.39, 0.29) is 18.7 Å². The lowest BCUT2D eigenvalue weighted by Crippen LogP contribution is -2.37.